The Morgan fingerprint density at radius 2 is 1.24 bits per heavy atom. The van der Waals surface area contributed by atoms with Crippen molar-refractivity contribution in [1.82, 2.24) is 4.57 Å². The molecule has 0 bridgehead atoms. The molecule has 198 valence electrons. The molecule has 2 nitrogen and oxygen atoms in total. The molecule has 7 rings (SSSR count). The molecule has 0 amide bonds. The lowest BCUT2D eigenvalue weighted by molar-refractivity contribution is 0.922. The highest BCUT2D eigenvalue weighted by atomic mass is 32.1. The van der Waals surface area contributed by atoms with E-state index in [1.54, 1.807) is 11.3 Å². The number of rotatable bonds is 6. The Hall–Kier alpha value is -4.73. The van der Waals surface area contributed by atoms with E-state index in [-0.39, 0.29) is 5.56 Å². The molecule has 3 heteroatoms. The average Bonchev–Trinajstić information content (AvgIpc) is 3.49. The minimum atomic E-state index is 0.00765. The number of nitrogens with zero attached hydrogens (tertiary/aromatic N) is 1. The molecule has 7 aromatic rings. The topological polar surface area (TPSA) is 22.0 Å². The zero-order chi connectivity index (χ0) is 27.8. The predicted molar refractivity (Wildman–Crippen MR) is 175 cm³/mol. The van der Waals surface area contributed by atoms with Crippen LogP contribution in [0.4, 0.5) is 0 Å². The van der Waals surface area contributed by atoms with Gasteiger partial charge in [0, 0.05) is 21.0 Å². The van der Waals surface area contributed by atoms with Gasteiger partial charge in [0.1, 0.15) is 0 Å². The van der Waals surface area contributed by atoms with Crippen molar-refractivity contribution in [3.8, 4) is 39.1 Å². The summed E-state index contributed by atoms with van der Waals surface area (Å²) in [4.78, 5) is 14.6. The van der Waals surface area contributed by atoms with Gasteiger partial charge in [-0.05, 0) is 64.1 Å². The second kappa shape index (κ2) is 10.7. The number of pyridine rings is 1. The summed E-state index contributed by atoms with van der Waals surface area (Å²) in [7, 11) is 0. The Kier molecular flexibility index (Phi) is 6.58. The summed E-state index contributed by atoms with van der Waals surface area (Å²) in [6, 6.07) is 44.3. The Labute approximate surface area is 243 Å². The highest BCUT2D eigenvalue weighted by Gasteiger charge is 2.19. The lowest BCUT2D eigenvalue weighted by Crippen LogP contribution is -2.19. The number of para-hydroxylation sites is 1. The molecule has 41 heavy (non-hydrogen) atoms. The van der Waals surface area contributed by atoms with Crippen molar-refractivity contribution in [3.05, 3.63) is 149 Å². The molecule has 0 saturated heterocycles. The molecule has 0 aliphatic heterocycles. The number of aryl methyl sites for hydroxylation is 1. The third kappa shape index (κ3) is 4.59. The average molecular weight is 548 g/mol. The molecular formula is C38H29NOS. The van der Waals surface area contributed by atoms with Crippen LogP contribution in [0.5, 0.6) is 0 Å². The number of hydrogen-bond acceptors (Lipinski definition) is 2. The molecule has 0 unspecified atom stereocenters. The third-order valence-corrected chi connectivity index (χ3v) is 8.80. The minimum absolute atomic E-state index is 0.00765. The first kappa shape index (κ1) is 25.3. The summed E-state index contributed by atoms with van der Waals surface area (Å²) in [5.74, 6) is 0. The standard InChI is InChI=1S/C38H29NOS/c1-2-11-26-18-20-28(21-19-26)31-22-30(27-12-5-3-6-13-27)23-32(24-31)39-35-17-10-9-16-33(35)37-36(38(39)40)34(25-41-37)29-14-7-4-8-15-29/h3-10,12-25H,2,11H2,1H3. The van der Waals surface area contributed by atoms with Crippen LogP contribution < -0.4 is 5.56 Å². The molecule has 2 aromatic heterocycles. The molecule has 0 aliphatic rings. The maximum absolute atomic E-state index is 14.6. The zero-order valence-corrected chi connectivity index (χ0v) is 23.7. The maximum atomic E-state index is 14.6. The van der Waals surface area contributed by atoms with Crippen molar-refractivity contribution in [2.75, 3.05) is 0 Å². The summed E-state index contributed by atoms with van der Waals surface area (Å²) < 4.78 is 2.95. The third-order valence-electron chi connectivity index (χ3n) is 7.79. The maximum Gasteiger partial charge on any atom is 0.264 e. The number of thiophene rings is 1. The largest absolute Gasteiger partial charge is 0.276 e. The summed E-state index contributed by atoms with van der Waals surface area (Å²) in [5, 5.41) is 3.99. The molecule has 0 radical (unpaired) electrons. The number of hydrogen-bond donors (Lipinski definition) is 0. The smallest absolute Gasteiger partial charge is 0.264 e. The van der Waals surface area contributed by atoms with Crippen LogP contribution in [0, 0.1) is 0 Å². The molecule has 5 aromatic carbocycles. The van der Waals surface area contributed by atoms with Crippen LogP contribution in [0.2, 0.25) is 0 Å². The van der Waals surface area contributed by atoms with E-state index < -0.39 is 0 Å². The van der Waals surface area contributed by atoms with Crippen LogP contribution in [0.3, 0.4) is 0 Å². The van der Waals surface area contributed by atoms with Gasteiger partial charge in [-0.25, -0.2) is 0 Å². The van der Waals surface area contributed by atoms with E-state index in [9.17, 15) is 4.79 Å². The molecule has 2 heterocycles. The van der Waals surface area contributed by atoms with Crippen LogP contribution in [-0.4, -0.2) is 4.57 Å². The second-order valence-corrected chi connectivity index (χ2v) is 11.3. The van der Waals surface area contributed by atoms with Gasteiger partial charge in [-0.1, -0.05) is 116 Å². The summed E-state index contributed by atoms with van der Waals surface area (Å²) in [6.45, 7) is 2.21. The van der Waals surface area contributed by atoms with Gasteiger partial charge < -0.3 is 0 Å². The van der Waals surface area contributed by atoms with Crippen LogP contribution in [0.15, 0.2) is 138 Å². The van der Waals surface area contributed by atoms with E-state index in [1.165, 1.54) is 5.56 Å². The van der Waals surface area contributed by atoms with Crippen molar-refractivity contribution in [3.63, 3.8) is 0 Å². The van der Waals surface area contributed by atoms with Crippen molar-refractivity contribution in [1.29, 1.82) is 0 Å². The lowest BCUT2D eigenvalue weighted by atomic mass is 9.96. The SMILES string of the molecule is CCCc1ccc(-c2cc(-c3ccccc3)cc(-n3c(=O)c4c(-c5ccccc5)csc4c4ccccc43)c2)cc1. The van der Waals surface area contributed by atoms with Crippen molar-refractivity contribution in [2.24, 2.45) is 0 Å². The number of benzene rings is 5. The van der Waals surface area contributed by atoms with E-state index in [2.05, 4.69) is 109 Å². The van der Waals surface area contributed by atoms with Gasteiger partial charge in [0.2, 0.25) is 0 Å². The normalized spacial score (nSPS) is 11.3. The van der Waals surface area contributed by atoms with Crippen LogP contribution in [0.25, 0.3) is 60.1 Å². The van der Waals surface area contributed by atoms with Gasteiger partial charge >= 0.3 is 0 Å². The highest BCUT2D eigenvalue weighted by Crippen LogP contribution is 2.38. The monoisotopic (exact) mass is 547 g/mol. The zero-order valence-electron chi connectivity index (χ0n) is 22.9. The fraction of sp³-hybridized carbons (Fsp3) is 0.0789. The molecule has 0 N–H and O–H groups in total. The van der Waals surface area contributed by atoms with Crippen LogP contribution in [0.1, 0.15) is 18.9 Å². The lowest BCUT2D eigenvalue weighted by Gasteiger charge is -2.16. The van der Waals surface area contributed by atoms with E-state index in [0.717, 1.165) is 72.9 Å². The van der Waals surface area contributed by atoms with E-state index in [4.69, 9.17) is 0 Å². The fourth-order valence-corrected chi connectivity index (χ4v) is 6.90. The minimum Gasteiger partial charge on any atom is -0.276 e. The number of fused-ring (bicyclic) bond motifs is 3. The molecular weight excluding hydrogens is 518 g/mol. The summed E-state index contributed by atoms with van der Waals surface area (Å²) in [6.07, 6.45) is 2.19. The Morgan fingerprint density at radius 3 is 1.93 bits per heavy atom. The first-order valence-corrected chi connectivity index (χ1v) is 15.0. The predicted octanol–water partition coefficient (Wildman–Crippen LogP) is 10.2. The number of aromatic nitrogens is 1. The Bertz CT molecular complexity index is 2050. The quantitative estimate of drug-likeness (QED) is 0.203. The van der Waals surface area contributed by atoms with Gasteiger partial charge in [0.25, 0.3) is 5.56 Å². The van der Waals surface area contributed by atoms with Crippen molar-refractivity contribution in [2.45, 2.75) is 19.8 Å². The van der Waals surface area contributed by atoms with E-state index in [1.807, 2.05) is 34.9 Å². The molecule has 0 saturated carbocycles. The second-order valence-electron chi connectivity index (χ2n) is 10.5. The van der Waals surface area contributed by atoms with Gasteiger partial charge in [-0.15, -0.1) is 11.3 Å². The summed E-state index contributed by atoms with van der Waals surface area (Å²) in [5.41, 5.74) is 9.62. The molecule has 0 aliphatic carbocycles. The molecule has 0 spiro atoms. The molecule has 0 fully saturated rings. The van der Waals surface area contributed by atoms with E-state index in [0.29, 0.717) is 0 Å². The first-order valence-electron chi connectivity index (χ1n) is 14.1. The van der Waals surface area contributed by atoms with Crippen molar-refractivity contribution < 1.29 is 0 Å². The van der Waals surface area contributed by atoms with Gasteiger partial charge in [0.05, 0.1) is 16.6 Å². The van der Waals surface area contributed by atoms with Gasteiger partial charge in [-0.2, -0.15) is 0 Å². The van der Waals surface area contributed by atoms with Crippen molar-refractivity contribution >= 4 is 32.3 Å². The molecule has 0 atom stereocenters. The summed E-state index contributed by atoms with van der Waals surface area (Å²) >= 11 is 1.65. The Morgan fingerprint density at radius 1 is 0.634 bits per heavy atom. The Balaban J connectivity index is 1.53. The van der Waals surface area contributed by atoms with Crippen LogP contribution >= 0.6 is 11.3 Å². The highest BCUT2D eigenvalue weighted by molar-refractivity contribution is 7.18. The van der Waals surface area contributed by atoms with E-state index >= 15 is 0 Å². The fourth-order valence-electron chi connectivity index (χ4n) is 5.79. The van der Waals surface area contributed by atoms with Gasteiger partial charge in [-0.3, -0.25) is 9.36 Å². The van der Waals surface area contributed by atoms with Gasteiger partial charge in [0.15, 0.2) is 0 Å². The van der Waals surface area contributed by atoms with Crippen LogP contribution in [-0.2, 0) is 6.42 Å². The first-order chi connectivity index (χ1) is 20.2.